The topological polar surface area (TPSA) is 29.1 Å². The first-order chi connectivity index (χ1) is 9.49. The Morgan fingerprint density at radius 3 is 2.60 bits per heavy atom. The van der Waals surface area contributed by atoms with Crippen LogP contribution in [0, 0.1) is 5.92 Å². The normalized spacial score (nSPS) is 21.4. The van der Waals surface area contributed by atoms with Gasteiger partial charge in [0.05, 0.1) is 12.0 Å². The summed E-state index contributed by atoms with van der Waals surface area (Å²) < 4.78 is -0.872. The summed E-state index contributed by atoms with van der Waals surface area (Å²) in [7, 11) is 0. The average Bonchev–Trinajstić information content (AvgIpc) is 3.07. The Balaban J connectivity index is 1.82. The molecule has 1 N–H and O–H groups in total. The van der Waals surface area contributed by atoms with E-state index in [-0.39, 0.29) is 17.9 Å². The predicted molar refractivity (Wildman–Crippen MR) is 83.0 cm³/mol. The van der Waals surface area contributed by atoms with E-state index >= 15 is 0 Å². The highest BCUT2D eigenvalue weighted by Crippen LogP contribution is 2.53. The lowest BCUT2D eigenvalue weighted by molar-refractivity contribution is -0.122. The molecule has 1 aliphatic rings. The molecule has 4 heteroatoms. The standard InChI is InChI=1S/C16H15Cl2NO/c1-10(19-15(20)14-9-16(14,17)18)12-8-4-6-11-5-2-3-7-13(11)12/h2-8,10,14H,9H2,1H3,(H,19,20)/t10-,14+/m0/s1. The van der Waals surface area contributed by atoms with Gasteiger partial charge < -0.3 is 5.32 Å². The van der Waals surface area contributed by atoms with Crippen molar-refractivity contribution >= 4 is 39.9 Å². The molecule has 1 amide bonds. The number of amides is 1. The highest BCUT2D eigenvalue weighted by Gasteiger charge is 2.56. The maximum atomic E-state index is 12.1. The third-order valence-electron chi connectivity index (χ3n) is 3.79. The Kier molecular flexibility index (Phi) is 3.39. The highest BCUT2D eigenvalue weighted by molar-refractivity contribution is 6.52. The van der Waals surface area contributed by atoms with Crippen molar-refractivity contribution < 1.29 is 4.79 Å². The van der Waals surface area contributed by atoms with E-state index in [0.717, 1.165) is 10.9 Å². The fraction of sp³-hybridized carbons (Fsp3) is 0.312. The van der Waals surface area contributed by atoms with Gasteiger partial charge in [-0.15, -0.1) is 23.2 Å². The van der Waals surface area contributed by atoms with E-state index in [1.165, 1.54) is 5.39 Å². The van der Waals surface area contributed by atoms with Crippen molar-refractivity contribution in [3.8, 4) is 0 Å². The Morgan fingerprint density at radius 2 is 1.90 bits per heavy atom. The summed E-state index contributed by atoms with van der Waals surface area (Å²) in [5.41, 5.74) is 1.10. The second-order valence-corrected chi connectivity index (χ2v) is 6.86. The van der Waals surface area contributed by atoms with Crippen molar-refractivity contribution in [1.82, 2.24) is 5.32 Å². The largest absolute Gasteiger partial charge is 0.349 e. The van der Waals surface area contributed by atoms with E-state index in [1.807, 2.05) is 31.2 Å². The number of carbonyl (C=O) groups is 1. The number of alkyl halides is 2. The predicted octanol–water partition coefficient (Wildman–Crippen LogP) is 4.21. The lowest BCUT2D eigenvalue weighted by Gasteiger charge is -2.16. The second-order valence-electron chi connectivity index (χ2n) is 5.32. The molecule has 104 valence electrons. The van der Waals surface area contributed by atoms with Gasteiger partial charge in [0.1, 0.15) is 4.33 Å². The molecule has 0 spiro atoms. The molecule has 20 heavy (non-hydrogen) atoms. The van der Waals surface area contributed by atoms with Gasteiger partial charge in [-0.05, 0) is 29.7 Å². The van der Waals surface area contributed by atoms with Crippen LogP contribution >= 0.6 is 23.2 Å². The third-order valence-corrected chi connectivity index (χ3v) is 4.63. The summed E-state index contributed by atoms with van der Waals surface area (Å²) in [5, 5.41) is 5.32. The van der Waals surface area contributed by atoms with Crippen LogP contribution in [0.4, 0.5) is 0 Å². The first-order valence-corrected chi connectivity index (χ1v) is 7.40. The Bertz CT molecular complexity index is 663. The van der Waals surface area contributed by atoms with Crippen LogP contribution in [0.25, 0.3) is 10.8 Å². The van der Waals surface area contributed by atoms with Crippen molar-refractivity contribution in [2.75, 3.05) is 0 Å². The van der Waals surface area contributed by atoms with Gasteiger partial charge in [-0.2, -0.15) is 0 Å². The molecule has 2 aromatic rings. The zero-order valence-electron chi connectivity index (χ0n) is 11.1. The van der Waals surface area contributed by atoms with Crippen LogP contribution in [0.2, 0.25) is 0 Å². The molecule has 0 unspecified atom stereocenters. The van der Waals surface area contributed by atoms with Gasteiger partial charge in [-0.25, -0.2) is 0 Å². The number of halogens is 2. The van der Waals surface area contributed by atoms with Gasteiger partial charge in [0.25, 0.3) is 0 Å². The Morgan fingerprint density at radius 1 is 1.25 bits per heavy atom. The number of rotatable bonds is 3. The molecular weight excluding hydrogens is 293 g/mol. The monoisotopic (exact) mass is 307 g/mol. The first kappa shape index (κ1) is 13.7. The average molecular weight is 308 g/mol. The van der Waals surface area contributed by atoms with Gasteiger partial charge >= 0.3 is 0 Å². The molecule has 0 aromatic heterocycles. The summed E-state index contributed by atoms with van der Waals surface area (Å²) in [6, 6.07) is 14.2. The van der Waals surface area contributed by atoms with Crippen LogP contribution in [-0.4, -0.2) is 10.2 Å². The smallest absolute Gasteiger partial charge is 0.226 e. The SMILES string of the molecule is C[C@H](NC(=O)[C@H]1CC1(Cl)Cl)c1cccc2ccccc12. The highest BCUT2D eigenvalue weighted by atomic mass is 35.5. The molecule has 0 bridgehead atoms. The number of hydrogen-bond donors (Lipinski definition) is 1. The second kappa shape index (κ2) is 4.94. The van der Waals surface area contributed by atoms with Gasteiger partial charge in [0.15, 0.2) is 0 Å². The van der Waals surface area contributed by atoms with E-state index in [2.05, 4.69) is 23.5 Å². The van der Waals surface area contributed by atoms with Gasteiger partial charge in [-0.1, -0.05) is 42.5 Å². The molecule has 0 aliphatic heterocycles. The van der Waals surface area contributed by atoms with Crippen LogP contribution < -0.4 is 5.32 Å². The molecule has 3 rings (SSSR count). The van der Waals surface area contributed by atoms with Crippen LogP contribution in [0.1, 0.15) is 24.9 Å². The molecule has 0 saturated heterocycles. The first-order valence-electron chi connectivity index (χ1n) is 6.65. The third kappa shape index (κ3) is 2.50. The quantitative estimate of drug-likeness (QED) is 0.846. The van der Waals surface area contributed by atoms with E-state index in [4.69, 9.17) is 23.2 Å². The minimum absolute atomic E-state index is 0.0710. The van der Waals surface area contributed by atoms with Crippen molar-refractivity contribution in [3.63, 3.8) is 0 Å². The fourth-order valence-corrected chi connectivity index (χ4v) is 3.02. The molecule has 0 radical (unpaired) electrons. The fourth-order valence-electron chi connectivity index (χ4n) is 2.52. The maximum Gasteiger partial charge on any atom is 0.226 e. The molecule has 2 atom stereocenters. The lowest BCUT2D eigenvalue weighted by Crippen LogP contribution is -2.29. The Hall–Kier alpha value is -1.25. The zero-order valence-corrected chi connectivity index (χ0v) is 12.6. The van der Waals surface area contributed by atoms with Crippen molar-refractivity contribution in [1.29, 1.82) is 0 Å². The minimum atomic E-state index is -0.872. The summed E-state index contributed by atoms with van der Waals surface area (Å²) in [6.07, 6.45) is 0.532. The van der Waals surface area contributed by atoms with E-state index in [0.29, 0.717) is 6.42 Å². The molecule has 1 saturated carbocycles. The molecule has 2 nitrogen and oxygen atoms in total. The van der Waals surface area contributed by atoms with Crippen LogP contribution in [0.5, 0.6) is 0 Å². The van der Waals surface area contributed by atoms with Gasteiger partial charge in [0.2, 0.25) is 5.91 Å². The zero-order chi connectivity index (χ0) is 14.3. The Labute approximate surface area is 128 Å². The van der Waals surface area contributed by atoms with Crippen LogP contribution in [0.15, 0.2) is 42.5 Å². The number of carbonyl (C=O) groups excluding carboxylic acids is 1. The van der Waals surface area contributed by atoms with Crippen molar-refractivity contribution in [2.24, 2.45) is 5.92 Å². The van der Waals surface area contributed by atoms with E-state index < -0.39 is 4.33 Å². The van der Waals surface area contributed by atoms with E-state index in [1.54, 1.807) is 0 Å². The number of nitrogens with one attached hydrogen (secondary N) is 1. The number of hydrogen-bond acceptors (Lipinski definition) is 1. The van der Waals surface area contributed by atoms with Crippen LogP contribution in [-0.2, 0) is 4.79 Å². The van der Waals surface area contributed by atoms with Gasteiger partial charge in [-0.3, -0.25) is 4.79 Å². The molecular formula is C16H15Cl2NO. The number of benzene rings is 2. The van der Waals surface area contributed by atoms with Crippen LogP contribution in [0.3, 0.4) is 0 Å². The summed E-state index contributed by atoms with van der Waals surface area (Å²) in [6.45, 7) is 1.98. The van der Waals surface area contributed by atoms with Gasteiger partial charge in [0, 0.05) is 0 Å². The molecule has 2 aromatic carbocycles. The summed E-state index contributed by atoms with van der Waals surface area (Å²) in [4.78, 5) is 12.1. The lowest BCUT2D eigenvalue weighted by atomic mass is 9.99. The molecule has 1 fully saturated rings. The molecule has 1 aliphatic carbocycles. The maximum absolute atomic E-state index is 12.1. The van der Waals surface area contributed by atoms with Crippen molar-refractivity contribution in [3.05, 3.63) is 48.0 Å². The number of fused-ring (bicyclic) bond motifs is 1. The van der Waals surface area contributed by atoms with E-state index in [9.17, 15) is 4.79 Å². The summed E-state index contributed by atoms with van der Waals surface area (Å²) >= 11 is 11.9. The van der Waals surface area contributed by atoms with Crippen molar-refractivity contribution in [2.45, 2.75) is 23.7 Å². The summed E-state index contributed by atoms with van der Waals surface area (Å²) in [5.74, 6) is -0.362. The molecule has 0 heterocycles. The minimum Gasteiger partial charge on any atom is -0.349 e.